The van der Waals surface area contributed by atoms with Crippen LogP contribution in [0.15, 0.2) is 0 Å². The molecule has 0 aromatic heterocycles. The lowest BCUT2D eigenvalue weighted by atomic mass is 9.92. The van der Waals surface area contributed by atoms with E-state index >= 15 is 0 Å². The molecule has 0 aromatic rings. The fourth-order valence-corrected chi connectivity index (χ4v) is 4.89. The summed E-state index contributed by atoms with van der Waals surface area (Å²) < 4.78 is 83.4. The Balaban J connectivity index is 2.41. The summed E-state index contributed by atoms with van der Waals surface area (Å²) in [6.07, 6.45) is 0. The van der Waals surface area contributed by atoms with Gasteiger partial charge in [0.05, 0.1) is 254 Å². The van der Waals surface area contributed by atoms with E-state index in [-0.39, 0.29) is 119 Å². The fourth-order valence-electron chi connectivity index (χ4n) is 4.89. The first-order valence-corrected chi connectivity index (χ1v) is 20.8. The Hall–Kier alpha value is -0.840. The van der Waals surface area contributed by atoms with E-state index in [0.29, 0.717) is 119 Å². The molecule has 0 saturated carbocycles. The molecule has 0 bridgehead atoms. The Kier molecular flexibility index (Phi) is 39.0. The van der Waals surface area contributed by atoms with Gasteiger partial charge < -0.3 is 102 Å². The molecule has 0 atom stereocenters. The maximum atomic E-state index is 9.89. The van der Waals surface area contributed by atoms with Crippen molar-refractivity contribution >= 4 is 0 Å². The molecule has 21 nitrogen and oxygen atoms in total. The molecule has 1 fully saturated rings. The monoisotopic (exact) mass is 883 g/mol. The normalized spacial score (nSPS) is 24.3. The Morgan fingerprint density at radius 3 is 0.383 bits per heavy atom. The zero-order valence-corrected chi connectivity index (χ0v) is 35.8. The van der Waals surface area contributed by atoms with Gasteiger partial charge in [-0.1, -0.05) is 0 Å². The Morgan fingerprint density at radius 1 is 0.183 bits per heavy atom. The first kappa shape index (κ1) is 57.2. The number of rotatable bonds is 6. The van der Waals surface area contributed by atoms with Gasteiger partial charge in [0.25, 0.3) is 0 Å². The Bertz CT molecular complexity index is 718. The molecule has 1 saturated heterocycles. The number of hydrogen-bond donors (Lipinski definition) is 6. The quantitative estimate of drug-likeness (QED) is 0.157. The lowest BCUT2D eigenvalue weighted by Gasteiger charge is -2.29. The summed E-state index contributed by atoms with van der Waals surface area (Å²) >= 11 is 0. The maximum Gasteiger partial charge on any atom is 0.0701 e. The van der Waals surface area contributed by atoms with Crippen molar-refractivity contribution in [3.05, 3.63) is 0 Å². The standard InChI is InChI=1S/C39H78O21/c40-25-37(26-41)31-55-19-13-49-7-1-46-2-8-50-14-20-56-33-38(27-42,28-43)34-58-22-16-52-10-4-48-6-12-54-18-24-60-36-39(29-44,30-45)35-59-23-17-53-11-5-47-3-9-51-15-21-57-32-37/h40-45H,1-36H2. The molecule has 0 spiro atoms. The summed E-state index contributed by atoms with van der Waals surface area (Å²) in [5.74, 6) is 0. The second kappa shape index (κ2) is 40.9. The molecule has 0 aromatic carbocycles. The van der Waals surface area contributed by atoms with Crippen molar-refractivity contribution in [1.29, 1.82) is 0 Å². The molecule has 0 radical (unpaired) electrons. The summed E-state index contributed by atoms with van der Waals surface area (Å²) in [7, 11) is 0. The summed E-state index contributed by atoms with van der Waals surface area (Å²) in [5, 5.41) is 59.4. The van der Waals surface area contributed by atoms with Crippen molar-refractivity contribution < 1.29 is 102 Å². The van der Waals surface area contributed by atoms with E-state index < -0.39 is 16.2 Å². The number of aliphatic hydroxyl groups excluding tert-OH is 6. The Morgan fingerprint density at radius 2 is 0.283 bits per heavy atom. The molecule has 1 rings (SSSR count). The smallest absolute Gasteiger partial charge is 0.0701 e. The summed E-state index contributed by atoms with van der Waals surface area (Å²) in [6.45, 7) is 6.36. The van der Waals surface area contributed by atoms with E-state index in [9.17, 15) is 30.6 Å². The van der Waals surface area contributed by atoms with Crippen molar-refractivity contribution in [3.63, 3.8) is 0 Å². The van der Waals surface area contributed by atoms with Crippen LogP contribution in [0.4, 0.5) is 0 Å². The first-order chi connectivity index (χ1) is 29.5. The van der Waals surface area contributed by atoms with Gasteiger partial charge in [0.15, 0.2) is 0 Å². The van der Waals surface area contributed by atoms with E-state index in [2.05, 4.69) is 0 Å². The predicted molar refractivity (Wildman–Crippen MR) is 212 cm³/mol. The van der Waals surface area contributed by atoms with Crippen LogP contribution in [0.3, 0.4) is 0 Å². The average molecular weight is 883 g/mol. The molecule has 0 aliphatic carbocycles. The van der Waals surface area contributed by atoms with Crippen LogP contribution >= 0.6 is 0 Å². The van der Waals surface area contributed by atoms with Gasteiger partial charge in [0.1, 0.15) is 0 Å². The zero-order chi connectivity index (χ0) is 43.6. The van der Waals surface area contributed by atoms with Crippen LogP contribution in [-0.2, 0) is 71.1 Å². The fraction of sp³-hybridized carbons (Fsp3) is 1.00. The topological polar surface area (TPSA) is 260 Å². The highest BCUT2D eigenvalue weighted by atomic mass is 16.6. The predicted octanol–water partition coefficient (Wildman–Crippen LogP) is -2.84. The third kappa shape index (κ3) is 30.3. The highest BCUT2D eigenvalue weighted by molar-refractivity contribution is 4.79. The van der Waals surface area contributed by atoms with Gasteiger partial charge in [-0.15, -0.1) is 0 Å². The highest BCUT2D eigenvalue weighted by Gasteiger charge is 2.31. The van der Waals surface area contributed by atoms with E-state index in [4.69, 9.17) is 71.1 Å². The lowest BCUT2D eigenvalue weighted by molar-refractivity contribution is -0.0941. The van der Waals surface area contributed by atoms with Crippen LogP contribution in [0.25, 0.3) is 0 Å². The van der Waals surface area contributed by atoms with E-state index in [1.165, 1.54) is 0 Å². The summed E-state index contributed by atoms with van der Waals surface area (Å²) in [6, 6.07) is 0. The van der Waals surface area contributed by atoms with Crippen molar-refractivity contribution in [3.8, 4) is 0 Å². The molecule has 6 N–H and O–H groups in total. The average Bonchev–Trinajstić information content (AvgIpc) is 3.28. The van der Waals surface area contributed by atoms with Crippen LogP contribution in [0.1, 0.15) is 0 Å². The highest BCUT2D eigenvalue weighted by Crippen LogP contribution is 2.19. The van der Waals surface area contributed by atoms with Crippen molar-refractivity contribution in [2.24, 2.45) is 16.2 Å². The molecule has 0 unspecified atom stereocenters. The molecule has 1 aliphatic rings. The van der Waals surface area contributed by atoms with Crippen LogP contribution in [0.2, 0.25) is 0 Å². The number of ether oxygens (including phenoxy) is 15. The Labute approximate surface area is 355 Å². The van der Waals surface area contributed by atoms with Crippen molar-refractivity contribution in [1.82, 2.24) is 0 Å². The van der Waals surface area contributed by atoms with E-state index in [1.807, 2.05) is 0 Å². The molecule has 1 heterocycles. The maximum absolute atomic E-state index is 9.89. The van der Waals surface area contributed by atoms with E-state index in [0.717, 1.165) is 0 Å². The largest absolute Gasteiger partial charge is 0.396 e. The van der Waals surface area contributed by atoms with Crippen molar-refractivity contribution in [2.75, 3.05) is 238 Å². The van der Waals surface area contributed by atoms with Gasteiger partial charge in [-0.05, 0) is 0 Å². The van der Waals surface area contributed by atoms with Gasteiger partial charge >= 0.3 is 0 Å². The van der Waals surface area contributed by atoms with Crippen LogP contribution in [-0.4, -0.2) is 268 Å². The third-order valence-electron chi connectivity index (χ3n) is 8.93. The molecule has 0 amide bonds. The molecule has 1 aliphatic heterocycles. The van der Waals surface area contributed by atoms with Crippen LogP contribution in [0.5, 0.6) is 0 Å². The van der Waals surface area contributed by atoms with Gasteiger partial charge in [-0.2, -0.15) is 0 Å². The number of aliphatic hydroxyl groups is 6. The second-order valence-corrected chi connectivity index (χ2v) is 14.3. The molecular weight excluding hydrogens is 804 g/mol. The van der Waals surface area contributed by atoms with Gasteiger partial charge in [-0.3, -0.25) is 0 Å². The SMILES string of the molecule is OCC1(CO)COCCOCCOCCOCCOCC(CO)(CO)COCCOCCOCCOCCOCC(CO)(CO)COCCOCCOCCOCCOC1. The van der Waals surface area contributed by atoms with Gasteiger partial charge in [-0.25, -0.2) is 0 Å². The minimum absolute atomic E-state index is 0.0851. The molecular formula is C39H78O21. The van der Waals surface area contributed by atoms with Crippen LogP contribution in [0, 0.1) is 16.2 Å². The number of hydrogen-bond acceptors (Lipinski definition) is 21. The van der Waals surface area contributed by atoms with Crippen LogP contribution < -0.4 is 0 Å². The third-order valence-corrected chi connectivity index (χ3v) is 8.93. The van der Waals surface area contributed by atoms with Gasteiger partial charge in [0, 0.05) is 0 Å². The molecule has 60 heavy (non-hydrogen) atoms. The summed E-state index contributed by atoms with van der Waals surface area (Å²) in [4.78, 5) is 0. The lowest BCUT2D eigenvalue weighted by Crippen LogP contribution is -2.40. The second-order valence-electron chi connectivity index (χ2n) is 14.3. The van der Waals surface area contributed by atoms with Crippen molar-refractivity contribution in [2.45, 2.75) is 0 Å². The summed E-state index contributed by atoms with van der Waals surface area (Å²) in [5.41, 5.74) is -2.88. The minimum atomic E-state index is -0.960. The molecule has 360 valence electrons. The molecule has 21 heteroatoms. The van der Waals surface area contributed by atoms with E-state index in [1.54, 1.807) is 0 Å². The zero-order valence-electron chi connectivity index (χ0n) is 35.8. The first-order valence-electron chi connectivity index (χ1n) is 20.8. The minimum Gasteiger partial charge on any atom is -0.396 e. The van der Waals surface area contributed by atoms with Gasteiger partial charge in [0.2, 0.25) is 0 Å².